The third-order valence-electron chi connectivity index (χ3n) is 3.68. The van der Waals surface area contributed by atoms with Crippen LogP contribution in [0.15, 0.2) is 59.1 Å². The first kappa shape index (κ1) is 16.7. The first-order chi connectivity index (χ1) is 12.3. The van der Waals surface area contributed by atoms with Crippen molar-refractivity contribution in [2.75, 3.05) is 12.4 Å². The van der Waals surface area contributed by atoms with Gasteiger partial charge in [0.05, 0.1) is 12.8 Å². The summed E-state index contributed by atoms with van der Waals surface area (Å²) in [7, 11) is 1.57. The largest absolute Gasteiger partial charge is 0.495 e. The first-order valence-corrected chi connectivity index (χ1v) is 8.07. The quantitative estimate of drug-likeness (QED) is 0.711. The van der Waals surface area contributed by atoms with Gasteiger partial charge >= 0.3 is 0 Å². The number of methoxy groups -OCH3 is 1. The number of nitrogens with one attached hydrogen (secondary N) is 1. The lowest BCUT2D eigenvalue weighted by molar-refractivity contribution is -0.116. The van der Waals surface area contributed by atoms with Crippen LogP contribution >= 0.6 is 0 Å². The summed E-state index contributed by atoms with van der Waals surface area (Å²) in [5.74, 6) is 1.66. The van der Waals surface area contributed by atoms with E-state index < -0.39 is 0 Å². The molecule has 2 aromatic carbocycles. The molecule has 0 aliphatic rings. The van der Waals surface area contributed by atoms with E-state index in [-0.39, 0.29) is 5.91 Å². The van der Waals surface area contributed by atoms with Crippen molar-refractivity contribution in [2.45, 2.75) is 19.3 Å². The van der Waals surface area contributed by atoms with E-state index in [0.717, 1.165) is 5.56 Å². The van der Waals surface area contributed by atoms with Crippen LogP contribution in [0, 0.1) is 0 Å². The van der Waals surface area contributed by atoms with Crippen LogP contribution < -0.4 is 10.1 Å². The average Bonchev–Trinajstić information content (AvgIpc) is 3.12. The highest BCUT2D eigenvalue weighted by molar-refractivity contribution is 5.92. The second kappa shape index (κ2) is 8.10. The van der Waals surface area contributed by atoms with E-state index in [1.807, 2.05) is 42.5 Å². The van der Waals surface area contributed by atoms with Crippen molar-refractivity contribution in [1.29, 1.82) is 0 Å². The average molecular weight is 337 g/mol. The van der Waals surface area contributed by atoms with E-state index >= 15 is 0 Å². The number of benzene rings is 2. The molecule has 3 rings (SSSR count). The minimum atomic E-state index is -0.0766. The molecule has 0 aliphatic heterocycles. The van der Waals surface area contributed by atoms with Gasteiger partial charge in [-0.15, -0.1) is 0 Å². The van der Waals surface area contributed by atoms with E-state index in [1.54, 1.807) is 19.2 Å². The van der Waals surface area contributed by atoms with Gasteiger partial charge in [-0.3, -0.25) is 4.79 Å². The van der Waals surface area contributed by atoms with Crippen molar-refractivity contribution >= 4 is 11.6 Å². The lowest BCUT2D eigenvalue weighted by Crippen LogP contribution is -2.12. The zero-order valence-electron chi connectivity index (χ0n) is 13.9. The van der Waals surface area contributed by atoms with E-state index in [2.05, 4.69) is 15.5 Å². The highest BCUT2D eigenvalue weighted by Crippen LogP contribution is 2.23. The van der Waals surface area contributed by atoms with Gasteiger partial charge in [-0.25, -0.2) is 0 Å². The van der Waals surface area contributed by atoms with Gasteiger partial charge in [-0.2, -0.15) is 4.98 Å². The number of nitrogens with zero attached hydrogens (tertiary/aromatic N) is 2. The number of ether oxygens (including phenoxy) is 1. The molecule has 0 saturated carbocycles. The van der Waals surface area contributed by atoms with Crippen molar-refractivity contribution in [2.24, 2.45) is 0 Å². The number of hydrogen-bond acceptors (Lipinski definition) is 5. The van der Waals surface area contributed by atoms with Crippen LogP contribution in [0.4, 0.5) is 5.69 Å². The molecule has 0 unspecified atom stereocenters. The highest BCUT2D eigenvalue weighted by Gasteiger charge is 2.10. The monoisotopic (exact) mass is 337 g/mol. The second-order valence-electron chi connectivity index (χ2n) is 5.48. The molecule has 1 aromatic heterocycles. The number of rotatable bonds is 7. The number of para-hydroxylation sites is 2. The molecule has 1 heterocycles. The molecule has 6 heteroatoms. The molecule has 0 radical (unpaired) electrons. The zero-order chi connectivity index (χ0) is 17.5. The number of carbonyl (C=O) groups is 1. The van der Waals surface area contributed by atoms with E-state index in [0.29, 0.717) is 42.4 Å². The van der Waals surface area contributed by atoms with Gasteiger partial charge in [0.25, 0.3) is 0 Å². The molecule has 0 spiro atoms. The van der Waals surface area contributed by atoms with Gasteiger partial charge in [0.2, 0.25) is 17.6 Å². The molecular formula is C19H19N3O3. The Bertz CT molecular complexity index is 831. The third-order valence-corrected chi connectivity index (χ3v) is 3.68. The molecule has 6 nitrogen and oxygen atoms in total. The second-order valence-corrected chi connectivity index (χ2v) is 5.48. The van der Waals surface area contributed by atoms with Crippen molar-refractivity contribution in [3.63, 3.8) is 0 Å². The first-order valence-electron chi connectivity index (χ1n) is 8.07. The zero-order valence-corrected chi connectivity index (χ0v) is 13.9. The van der Waals surface area contributed by atoms with Gasteiger partial charge in [0.1, 0.15) is 5.75 Å². The fourth-order valence-electron chi connectivity index (χ4n) is 2.42. The number of aryl methyl sites for hydroxylation is 1. The molecule has 0 bridgehead atoms. The molecule has 1 amide bonds. The Morgan fingerprint density at radius 2 is 1.88 bits per heavy atom. The molecule has 0 atom stereocenters. The van der Waals surface area contributed by atoms with Crippen LogP contribution in [-0.4, -0.2) is 23.2 Å². The predicted octanol–water partition coefficient (Wildman–Crippen LogP) is 3.71. The highest BCUT2D eigenvalue weighted by atomic mass is 16.5. The van der Waals surface area contributed by atoms with Gasteiger partial charge in [0, 0.05) is 18.4 Å². The van der Waals surface area contributed by atoms with Crippen molar-refractivity contribution in [3.05, 3.63) is 60.5 Å². The van der Waals surface area contributed by atoms with E-state index in [9.17, 15) is 4.79 Å². The Labute approximate surface area is 145 Å². The Hall–Kier alpha value is -3.15. The Morgan fingerprint density at radius 1 is 1.12 bits per heavy atom. The number of aromatic nitrogens is 2. The smallest absolute Gasteiger partial charge is 0.226 e. The van der Waals surface area contributed by atoms with Crippen molar-refractivity contribution in [3.8, 4) is 17.1 Å². The number of amides is 1. The summed E-state index contributed by atoms with van der Waals surface area (Å²) in [5.41, 5.74) is 1.57. The fourth-order valence-corrected chi connectivity index (χ4v) is 2.42. The standard InChI is InChI=1S/C19H19N3O3/c1-24-16-11-6-5-10-15(16)20-17(23)12-7-13-18-21-19(22-25-18)14-8-3-2-4-9-14/h2-6,8-11H,7,12-13H2,1H3,(H,20,23). The lowest BCUT2D eigenvalue weighted by Gasteiger charge is -2.09. The molecule has 3 aromatic rings. The van der Waals surface area contributed by atoms with Crippen molar-refractivity contribution < 1.29 is 14.1 Å². The number of hydrogen-bond donors (Lipinski definition) is 1. The maximum Gasteiger partial charge on any atom is 0.226 e. The van der Waals surface area contributed by atoms with Gasteiger partial charge < -0.3 is 14.6 Å². The molecule has 0 saturated heterocycles. The molecule has 128 valence electrons. The summed E-state index contributed by atoms with van der Waals surface area (Å²) in [4.78, 5) is 16.4. The van der Waals surface area contributed by atoms with Gasteiger partial charge in [-0.1, -0.05) is 47.6 Å². The summed E-state index contributed by atoms with van der Waals surface area (Å²) in [6, 6.07) is 17.0. The van der Waals surface area contributed by atoms with Gasteiger partial charge in [0.15, 0.2) is 0 Å². The predicted molar refractivity (Wildman–Crippen MR) is 94.3 cm³/mol. The topological polar surface area (TPSA) is 77.2 Å². The van der Waals surface area contributed by atoms with Gasteiger partial charge in [-0.05, 0) is 18.6 Å². The van der Waals surface area contributed by atoms with Crippen LogP contribution in [0.3, 0.4) is 0 Å². The summed E-state index contributed by atoms with van der Waals surface area (Å²) >= 11 is 0. The number of carbonyl (C=O) groups excluding carboxylic acids is 1. The van der Waals surface area contributed by atoms with E-state index in [1.165, 1.54) is 0 Å². The lowest BCUT2D eigenvalue weighted by atomic mass is 10.2. The normalized spacial score (nSPS) is 10.4. The van der Waals surface area contributed by atoms with E-state index in [4.69, 9.17) is 9.26 Å². The minimum absolute atomic E-state index is 0.0766. The SMILES string of the molecule is COc1ccccc1NC(=O)CCCc1nc(-c2ccccc2)no1. The summed E-state index contributed by atoms with van der Waals surface area (Å²) in [6.07, 6.45) is 1.54. The Morgan fingerprint density at radius 3 is 2.68 bits per heavy atom. The fraction of sp³-hybridized carbons (Fsp3) is 0.211. The molecule has 0 fully saturated rings. The number of anilines is 1. The van der Waals surface area contributed by atoms with Crippen LogP contribution in [0.2, 0.25) is 0 Å². The maximum absolute atomic E-state index is 12.1. The third kappa shape index (κ3) is 4.44. The summed E-state index contributed by atoms with van der Waals surface area (Å²) in [5, 5.41) is 6.82. The van der Waals surface area contributed by atoms with Crippen molar-refractivity contribution in [1.82, 2.24) is 10.1 Å². The molecule has 1 N–H and O–H groups in total. The van der Waals surface area contributed by atoms with Crippen LogP contribution in [0.1, 0.15) is 18.7 Å². The summed E-state index contributed by atoms with van der Waals surface area (Å²) in [6.45, 7) is 0. The van der Waals surface area contributed by atoms with Crippen LogP contribution in [0.25, 0.3) is 11.4 Å². The summed E-state index contributed by atoms with van der Waals surface area (Å²) < 4.78 is 10.5. The van der Waals surface area contributed by atoms with Crippen LogP contribution in [0.5, 0.6) is 5.75 Å². The molecule has 0 aliphatic carbocycles. The Kier molecular flexibility index (Phi) is 5.41. The molecule has 25 heavy (non-hydrogen) atoms. The Balaban J connectivity index is 1.50. The van der Waals surface area contributed by atoms with Crippen LogP contribution in [-0.2, 0) is 11.2 Å². The minimum Gasteiger partial charge on any atom is -0.495 e. The maximum atomic E-state index is 12.1. The molecular weight excluding hydrogens is 318 g/mol.